The van der Waals surface area contributed by atoms with Gasteiger partial charge in [-0.25, -0.2) is 0 Å². The Kier molecular flexibility index (Phi) is 3.60. The van der Waals surface area contributed by atoms with Gasteiger partial charge in [0, 0.05) is 20.1 Å². The van der Waals surface area contributed by atoms with Crippen molar-refractivity contribution >= 4 is 0 Å². The van der Waals surface area contributed by atoms with Gasteiger partial charge in [0.05, 0.1) is 23.9 Å². The van der Waals surface area contributed by atoms with Crippen LogP contribution in [0.5, 0.6) is 0 Å². The van der Waals surface area contributed by atoms with Crippen LogP contribution in [0.2, 0.25) is 0 Å². The average Bonchev–Trinajstić information content (AvgIpc) is 2.50. The molecule has 5 nitrogen and oxygen atoms in total. The molecule has 76 valence electrons. The monoisotopic (exact) mass is 193 g/mol. The highest BCUT2D eigenvalue weighted by atomic mass is 15.5. The quantitative estimate of drug-likeness (QED) is 0.694. The molecule has 0 spiro atoms. The van der Waals surface area contributed by atoms with Gasteiger partial charge in [0.15, 0.2) is 0 Å². The predicted octanol–water partition coefficient (Wildman–Crippen LogP) is 0.407. The van der Waals surface area contributed by atoms with Crippen molar-refractivity contribution in [3.05, 3.63) is 11.9 Å². The number of aromatic nitrogens is 3. The van der Waals surface area contributed by atoms with E-state index in [9.17, 15) is 0 Å². The molecule has 0 N–H and O–H groups in total. The molecule has 14 heavy (non-hydrogen) atoms. The van der Waals surface area contributed by atoms with Crippen molar-refractivity contribution in [1.82, 2.24) is 19.9 Å². The molecule has 0 bridgehead atoms. The first-order valence-corrected chi connectivity index (χ1v) is 4.55. The van der Waals surface area contributed by atoms with Crippen LogP contribution in [0.25, 0.3) is 0 Å². The summed E-state index contributed by atoms with van der Waals surface area (Å²) in [5, 5.41) is 16.8. The van der Waals surface area contributed by atoms with Crippen LogP contribution in [0, 0.1) is 17.2 Å². The van der Waals surface area contributed by atoms with Crippen LogP contribution in [0.3, 0.4) is 0 Å². The normalized spacial score (nSPS) is 12.8. The van der Waals surface area contributed by atoms with Gasteiger partial charge < -0.3 is 0 Å². The number of hydrogen-bond acceptors (Lipinski definition) is 4. The average molecular weight is 193 g/mol. The summed E-state index contributed by atoms with van der Waals surface area (Å²) in [6.45, 7) is 3.40. The maximum Gasteiger partial charge on any atom is 0.0966 e. The predicted molar refractivity (Wildman–Crippen MR) is 52.1 cm³/mol. The van der Waals surface area contributed by atoms with E-state index in [0.29, 0.717) is 0 Å². The Hall–Kier alpha value is -1.41. The minimum Gasteiger partial charge on any atom is -0.299 e. The molecule has 1 rings (SSSR count). The fourth-order valence-corrected chi connectivity index (χ4v) is 1.31. The molecule has 5 heteroatoms. The molecule has 1 atom stereocenters. The third kappa shape index (κ3) is 3.15. The molecule has 0 saturated heterocycles. The maximum atomic E-state index is 8.65. The number of rotatable bonds is 4. The Balaban J connectivity index is 2.42. The second-order valence-corrected chi connectivity index (χ2v) is 3.55. The molecule has 1 aromatic rings. The SMILES string of the molecule is C[C@H](C#N)CN(C)Cc1cnn(C)n1. The lowest BCUT2D eigenvalue weighted by Crippen LogP contribution is -2.23. The van der Waals surface area contributed by atoms with E-state index in [0.717, 1.165) is 18.8 Å². The summed E-state index contributed by atoms with van der Waals surface area (Å²) in [4.78, 5) is 3.61. The van der Waals surface area contributed by atoms with Crippen LogP contribution in [0.4, 0.5) is 0 Å². The first-order chi connectivity index (χ1) is 6.61. The van der Waals surface area contributed by atoms with E-state index >= 15 is 0 Å². The van der Waals surface area contributed by atoms with E-state index in [2.05, 4.69) is 21.2 Å². The number of nitrogens with zero attached hydrogens (tertiary/aromatic N) is 5. The van der Waals surface area contributed by atoms with Gasteiger partial charge in [0.25, 0.3) is 0 Å². The minimum absolute atomic E-state index is 0.0525. The van der Waals surface area contributed by atoms with Gasteiger partial charge in [-0.3, -0.25) is 4.90 Å². The molecule has 1 aromatic heterocycles. The number of nitriles is 1. The van der Waals surface area contributed by atoms with Crippen LogP contribution in [0.1, 0.15) is 12.6 Å². The number of hydrogen-bond donors (Lipinski definition) is 0. The highest BCUT2D eigenvalue weighted by molar-refractivity contribution is 4.91. The minimum atomic E-state index is 0.0525. The van der Waals surface area contributed by atoms with Gasteiger partial charge in [-0.15, -0.1) is 0 Å². The van der Waals surface area contributed by atoms with Crippen LogP contribution < -0.4 is 0 Å². The largest absolute Gasteiger partial charge is 0.299 e. The van der Waals surface area contributed by atoms with Crippen LogP contribution in [-0.2, 0) is 13.6 Å². The Labute approximate surface area is 83.9 Å². The summed E-state index contributed by atoms with van der Waals surface area (Å²) in [6, 6.07) is 2.20. The van der Waals surface area contributed by atoms with Gasteiger partial charge in [-0.05, 0) is 14.0 Å². The molecular weight excluding hydrogens is 178 g/mol. The summed E-state index contributed by atoms with van der Waals surface area (Å²) in [6.07, 6.45) is 1.74. The van der Waals surface area contributed by atoms with E-state index < -0.39 is 0 Å². The molecule has 0 aromatic carbocycles. The Morgan fingerprint density at radius 3 is 2.93 bits per heavy atom. The highest BCUT2D eigenvalue weighted by Crippen LogP contribution is 2.01. The smallest absolute Gasteiger partial charge is 0.0966 e. The third-order valence-corrected chi connectivity index (χ3v) is 1.88. The standard InChI is InChI=1S/C9H15N5/c1-8(4-10)6-13(2)7-9-5-11-14(3)12-9/h5,8H,6-7H2,1-3H3/t8-/m1/s1. The highest BCUT2D eigenvalue weighted by Gasteiger charge is 2.07. The van der Waals surface area contributed by atoms with Gasteiger partial charge in [-0.1, -0.05) is 0 Å². The fourth-order valence-electron chi connectivity index (χ4n) is 1.31. The summed E-state index contributed by atoms with van der Waals surface area (Å²) >= 11 is 0. The summed E-state index contributed by atoms with van der Waals surface area (Å²) in [5.74, 6) is 0.0525. The van der Waals surface area contributed by atoms with Gasteiger partial charge in [-0.2, -0.15) is 20.3 Å². The fraction of sp³-hybridized carbons (Fsp3) is 0.667. The van der Waals surface area contributed by atoms with Crippen molar-refractivity contribution in [2.45, 2.75) is 13.5 Å². The second-order valence-electron chi connectivity index (χ2n) is 3.55. The van der Waals surface area contributed by atoms with Crippen molar-refractivity contribution in [2.24, 2.45) is 13.0 Å². The zero-order valence-electron chi connectivity index (χ0n) is 8.80. The van der Waals surface area contributed by atoms with E-state index in [-0.39, 0.29) is 5.92 Å². The van der Waals surface area contributed by atoms with Crippen LogP contribution >= 0.6 is 0 Å². The molecular formula is C9H15N5. The van der Waals surface area contributed by atoms with Gasteiger partial charge in [0.1, 0.15) is 0 Å². The molecule has 0 fully saturated rings. The molecule has 0 aliphatic heterocycles. The Morgan fingerprint density at radius 2 is 2.43 bits per heavy atom. The van der Waals surface area contributed by atoms with Crippen molar-refractivity contribution in [2.75, 3.05) is 13.6 Å². The molecule has 0 unspecified atom stereocenters. The van der Waals surface area contributed by atoms with Crippen LogP contribution in [-0.4, -0.2) is 33.5 Å². The van der Waals surface area contributed by atoms with E-state index in [1.807, 2.05) is 14.0 Å². The molecule has 0 saturated carbocycles. The topological polar surface area (TPSA) is 57.7 Å². The van der Waals surface area contributed by atoms with E-state index in [4.69, 9.17) is 5.26 Å². The summed E-state index contributed by atoms with van der Waals surface area (Å²) in [5.41, 5.74) is 0.931. The lowest BCUT2D eigenvalue weighted by molar-refractivity contribution is 0.299. The molecule has 0 aliphatic rings. The molecule has 0 aliphatic carbocycles. The van der Waals surface area contributed by atoms with Crippen LogP contribution in [0.15, 0.2) is 6.20 Å². The van der Waals surface area contributed by atoms with Gasteiger partial charge >= 0.3 is 0 Å². The second kappa shape index (κ2) is 4.72. The number of aryl methyl sites for hydroxylation is 1. The van der Waals surface area contributed by atoms with Crippen molar-refractivity contribution in [1.29, 1.82) is 5.26 Å². The van der Waals surface area contributed by atoms with E-state index in [1.54, 1.807) is 13.2 Å². The maximum absolute atomic E-state index is 8.65. The first kappa shape index (κ1) is 10.7. The van der Waals surface area contributed by atoms with Crippen molar-refractivity contribution in [3.63, 3.8) is 0 Å². The Morgan fingerprint density at radius 1 is 1.71 bits per heavy atom. The zero-order chi connectivity index (χ0) is 10.6. The van der Waals surface area contributed by atoms with Gasteiger partial charge in [0.2, 0.25) is 0 Å². The van der Waals surface area contributed by atoms with Crippen molar-refractivity contribution < 1.29 is 0 Å². The lowest BCUT2D eigenvalue weighted by Gasteiger charge is -2.15. The zero-order valence-corrected chi connectivity index (χ0v) is 8.80. The Bertz CT molecular complexity index is 324. The molecule has 1 heterocycles. The van der Waals surface area contributed by atoms with E-state index in [1.165, 1.54) is 4.80 Å². The first-order valence-electron chi connectivity index (χ1n) is 4.55. The molecule has 0 amide bonds. The third-order valence-electron chi connectivity index (χ3n) is 1.88. The lowest BCUT2D eigenvalue weighted by atomic mass is 10.2. The summed E-state index contributed by atoms with van der Waals surface area (Å²) in [7, 11) is 3.77. The summed E-state index contributed by atoms with van der Waals surface area (Å²) < 4.78 is 0. The molecule has 0 radical (unpaired) electrons. The van der Waals surface area contributed by atoms with Crippen molar-refractivity contribution in [3.8, 4) is 6.07 Å².